The van der Waals surface area contributed by atoms with Gasteiger partial charge >= 0.3 is 0 Å². The Bertz CT molecular complexity index is 287. The lowest BCUT2D eigenvalue weighted by molar-refractivity contribution is 0.402. The Morgan fingerprint density at radius 2 is 2.58 bits per heavy atom. The molecule has 0 aliphatic heterocycles. The highest BCUT2D eigenvalue weighted by Crippen LogP contribution is 2.21. The van der Waals surface area contributed by atoms with Gasteiger partial charge in [-0.3, -0.25) is 0 Å². The van der Waals surface area contributed by atoms with Crippen LogP contribution in [0, 0.1) is 11.3 Å². The maximum atomic E-state index is 8.36. The second-order valence-corrected chi connectivity index (χ2v) is 2.36. The molecule has 0 aromatic carbocycles. The Morgan fingerprint density at radius 3 is 3.08 bits per heavy atom. The smallest absolute Gasteiger partial charge is 0.157 e. The van der Waals surface area contributed by atoms with Crippen molar-refractivity contribution >= 4 is 0 Å². The summed E-state index contributed by atoms with van der Waals surface area (Å²) in [7, 11) is 1.55. The first-order valence-corrected chi connectivity index (χ1v) is 3.53. The summed E-state index contributed by atoms with van der Waals surface area (Å²) in [5.41, 5.74) is 5.60. The third kappa shape index (κ3) is 1.77. The average molecular weight is 166 g/mol. The molecule has 0 fully saturated rings. The summed E-state index contributed by atoms with van der Waals surface area (Å²) in [6.07, 6.45) is 1.71. The Labute approximate surface area is 70.5 Å². The van der Waals surface area contributed by atoms with Crippen molar-refractivity contribution in [2.45, 2.75) is 12.5 Å². The largest absolute Gasteiger partial charge is 0.493 e. The Balaban J connectivity index is 2.69. The third-order valence-electron chi connectivity index (χ3n) is 1.51. The van der Waals surface area contributed by atoms with E-state index in [0.717, 1.165) is 0 Å². The monoisotopic (exact) mass is 166 g/mol. The molecule has 0 bridgehead atoms. The van der Waals surface area contributed by atoms with Crippen LogP contribution in [-0.2, 0) is 0 Å². The minimum Gasteiger partial charge on any atom is -0.493 e. The van der Waals surface area contributed by atoms with Crippen LogP contribution in [0.3, 0.4) is 0 Å². The van der Waals surface area contributed by atoms with Gasteiger partial charge in [0.2, 0.25) is 0 Å². The Morgan fingerprint density at radius 1 is 1.83 bits per heavy atom. The van der Waals surface area contributed by atoms with Crippen molar-refractivity contribution in [2.75, 3.05) is 7.11 Å². The van der Waals surface area contributed by atoms with Crippen molar-refractivity contribution in [3.05, 3.63) is 18.1 Å². The number of hydrogen-bond donors (Lipinski definition) is 1. The first kappa shape index (κ1) is 8.62. The molecule has 1 atom stereocenters. The Kier molecular flexibility index (Phi) is 2.72. The molecule has 1 aromatic rings. The van der Waals surface area contributed by atoms with Gasteiger partial charge in [-0.1, -0.05) is 0 Å². The molecular weight excluding hydrogens is 156 g/mol. The zero-order valence-electron chi connectivity index (χ0n) is 6.78. The van der Waals surface area contributed by atoms with E-state index in [1.807, 2.05) is 6.07 Å². The fourth-order valence-electron chi connectivity index (χ4n) is 0.835. The zero-order valence-corrected chi connectivity index (χ0v) is 6.78. The van der Waals surface area contributed by atoms with Crippen LogP contribution in [0.5, 0.6) is 5.75 Å². The van der Waals surface area contributed by atoms with Crippen LogP contribution < -0.4 is 10.5 Å². The van der Waals surface area contributed by atoms with E-state index in [1.165, 1.54) is 6.26 Å². The van der Waals surface area contributed by atoms with Gasteiger partial charge in [-0.25, -0.2) is 0 Å². The second kappa shape index (κ2) is 3.79. The van der Waals surface area contributed by atoms with Gasteiger partial charge in [-0.05, 0) is 0 Å². The highest BCUT2D eigenvalue weighted by Gasteiger charge is 2.10. The minimum absolute atomic E-state index is 0.247. The van der Waals surface area contributed by atoms with E-state index >= 15 is 0 Å². The van der Waals surface area contributed by atoms with Crippen LogP contribution in [0.4, 0.5) is 0 Å². The van der Waals surface area contributed by atoms with Gasteiger partial charge in [-0.2, -0.15) is 5.26 Å². The molecule has 1 rings (SSSR count). The van der Waals surface area contributed by atoms with E-state index in [-0.39, 0.29) is 12.5 Å². The van der Waals surface area contributed by atoms with E-state index in [4.69, 9.17) is 20.1 Å². The van der Waals surface area contributed by atoms with Crippen molar-refractivity contribution < 1.29 is 9.15 Å². The second-order valence-electron chi connectivity index (χ2n) is 2.36. The number of nitrogens with two attached hydrogens (primary N) is 1. The summed E-state index contributed by atoms with van der Waals surface area (Å²) in [5.74, 6) is 1.20. The summed E-state index contributed by atoms with van der Waals surface area (Å²) in [6, 6.07) is 3.29. The van der Waals surface area contributed by atoms with Gasteiger partial charge < -0.3 is 14.9 Å². The number of hydrogen-bond acceptors (Lipinski definition) is 4. The molecule has 0 saturated heterocycles. The maximum absolute atomic E-state index is 8.36. The fraction of sp³-hybridized carbons (Fsp3) is 0.375. The van der Waals surface area contributed by atoms with E-state index in [1.54, 1.807) is 13.2 Å². The van der Waals surface area contributed by atoms with Crippen LogP contribution in [0.1, 0.15) is 18.2 Å². The standard InChI is InChI=1S/C8H10N2O2/c1-11-6-4-8(12-5-6)7(10)2-3-9/h4-5,7H,2,10H2,1H3. The summed E-state index contributed by atoms with van der Waals surface area (Å²) in [5, 5.41) is 8.36. The molecule has 12 heavy (non-hydrogen) atoms. The number of ether oxygens (including phenoxy) is 1. The molecule has 0 saturated carbocycles. The van der Waals surface area contributed by atoms with Gasteiger partial charge in [0.15, 0.2) is 5.75 Å². The first-order chi connectivity index (χ1) is 5.77. The highest BCUT2D eigenvalue weighted by molar-refractivity contribution is 5.21. The number of methoxy groups -OCH3 is 1. The van der Waals surface area contributed by atoms with Crippen LogP contribution >= 0.6 is 0 Å². The normalized spacial score (nSPS) is 12.1. The molecule has 0 amide bonds. The summed E-state index contributed by atoms with van der Waals surface area (Å²) < 4.78 is 9.96. The molecule has 0 aliphatic carbocycles. The molecule has 64 valence electrons. The molecule has 4 nitrogen and oxygen atoms in total. The number of furan rings is 1. The predicted octanol–water partition coefficient (Wildman–Crippen LogP) is 1.20. The van der Waals surface area contributed by atoms with Gasteiger partial charge in [0, 0.05) is 6.07 Å². The van der Waals surface area contributed by atoms with Gasteiger partial charge in [0.25, 0.3) is 0 Å². The molecule has 1 aromatic heterocycles. The molecular formula is C8H10N2O2. The van der Waals surface area contributed by atoms with Crippen molar-refractivity contribution in [3.63, 3.8) is 0 Å². The van der Waals surface area contributed by atoms with Gasteiger partial charge in [0.05, 0.1) is 25.6 Å². The van der Waals surface area contributed by atoms with E-state index in [0.29, 0.717) is 11.5 Å². The topological polar surface area (TPSA) is 72.2 Å². The summed E-state index contributed by atoms with van der Waals surface area (Å²) in [4.78, 5) is 0. The third-order valence-corrected chi connectivity index (χ3v) is 1.51. The van der Waals surface area contributed by atoms with E-state index in [2.05, 4.69) is 0 Å². The molecule has 0 spiro atoms. The summed E-state index contributed by atoms with van der Waals surface area (Å²) >= 11 is 0. The lowest BCUT2D eigenvalue weighted by Crippen LogP contribution is -2.07. The maximum Gasteiger partial charge on any atom is 0.157 e. The summed E-state index contributed by atoms with van der Waals surface area (Å²) in [6.45, 7) is 0. The van der Waals surface area contributed by atoms with Crippen LogP contribution in [0.2, 0.25) is 0 Å². The predicted molar refractivity (Wildman–Crippen MR) is 42.4 cm³/mol. The first-order valence-electron chi connectivity index (χ1n) is 3.53. The van der Waals surface area contributed by atoms with Crippen LogP contribution in [0.25, 0.3) is 0 Å². The van der Waals surface area contributed by atoms with E-state index < -0.39 is 0 Å². The molecule has 0 aliphatic rings. The van der Waals surface area contributed by atoms with Crippen LogP contribution in [0.15, 0.2) is 16.7 Å². The minimum atomic E-state index is -0.362. The van der Waals surface area contributed by atoms with Crippen LogP contribution in [-0.4, -0.2) is 7.11 Å². The van der Waals surface area contributed by atoms with Crippen molar-refractivity contribution in [3.8, 4) is 11.8 Å². The van der Waals surface area contributed by atoms with E-state index in [9.17, 15) is 0 Å². The Hall–Kier alpha value is -1.47. The molecule has 1 heterocycles. The molecule has 2 N–H and O–H groups in total. The SMILES string of the molecule is COc1coc(C(N)CC#N)c1. The average Bonchev–Trinajstić information content (AvgIpc) is 2.52. The number of rotatable bonds is 3. The quantitative estimate of drug-likeness (QED) is 0.732. The molecule has 0 radical (unpaired) electrons. The van der Waals surface area contributed by atoms with Crippen molar-refractivity contribution in [1.82, 2.24) is 0 Å². The zero-order chi connectivity index (χ0) is 8.97. The van der Waals surface area contributed by atoms with Crippen molar-refractivity contribution in [2.24, 2.45) is 5.73 Å². The molecule has 4 heteroatoms. The number of nitriles is 1. The molecule has 1 unspecified atom stereocenters. The fourth-order valence-corrected chi connectivity index (χ4v) is 0.835. The van der Waals surface area contributed by atoms with Gasteiger partial charge in [-0.15, -0.1) is 0 Å². The lowest BCUT2D eigenvalue weighted by atomic mass is 10.2. The highest BCUT2D eigenvalue weighted by atomic mass is 16.5. The number of nitrogens with zero attached hydrogens (tertiary/aromatic N) is 1. The lowest BCUT2D eigenvalue weighted by Gasteiger charge is -2.00. The van der Waals surface area contributed by atoms with Crippen molar-refractivity contribution in [1.29, 1.82) is 5.26 Å². The van der Waals surface area contributed by atoms with Gasteiger partial charge in [0.1, 0.15) is 12.0 Å².